The van der Waals surface area contributed by atoms with E-state index in [9.17, 15) is 5.11 Å². The van der Waals surface area contributed by atoms with Crippen LogP contribution in [-0.2, 0) is 6.54 Å². The number of azo groups is 1. The van der Waals surface area contributed by atoms with Crippen LogP contribution < -0.4 is 0 Å². The smallest absolute Gasteiger partial charge is 0.230 e. The highest BCUT2D eigenvalue weighted by molar-refractivity contribution is 7.13. The third-order valence-corrected chi connectivity index (χ3v) is 5.97. The molecule has 0 saturated heterocycles. The molecular formula is C23H25N5OS. The lowest BCUT2D eigenvalue weighted by Crippen LogP contribution is -2.26. The lowest BCUT2D eigenvalue weighted by molar-refractivity contribution is 0.285. The standard InChI is InChI=1S/C23H25N5OS/c1-3-27(4-2)14-15-28-20-13-9-8-12-18(20)21(22(28)29)25-26-23-24-19(16-30-23)17-10-6-5-7-11-17/h5-13,16,29H,3-4,14-15H2,1-2H3. The number of benzene rings is 2. The van der Waals surface area contributed by atoms with E-state index in [2.05, 4.69) is 34.0 Å². The number of aromatic hydroxyl groups is 1. The number of likely N-dealkylation sites (N-methyl/N-ethyl adjacent to an activating group) is 1. The van der Waals surface area contributed by atoms with E-state index < -0.39 is 0 Å². The van der Waals surface area contributed by atoms with Crippen LogP contribution in [-0.4, -0.2) is 39.2 Å². The molecule has 0 fully saturated rings. The second-order valence-electron chi connectivity index (χ2n) is 6.95. The average molecular weight is 420 g/mol. The summed E-state index contributed by atoms with van der Waals surface area (Å²) in [5.41, 5.74) is 3.37. The summed E-state index contributed by atoms with van der Waals surface area (Å²) in [5, 5.41) is 23.0. The number of rotatable bonds is 8. The Balaban J connectivity index is 1.63. The van der Waals surface area contributed by atoms with Crippen molar-refractivity contribution in [2.45, 2.75) is 20.4 Å². The molecule has 2 aromatic carbocycles. The van der Waals surface area contributed by atoms with Crippen molar-refractivity contribution in [3.05, 3.63) is 60.0 Å². The predicted molar refractivity (Wildman–Crippen MR) is 123 cm³/mol. The van der Waals surface area contributed by atoms with Gasteiger partial charge in [-0.1, -0.05) is 62.4 Å². The number of aromatic nitrogens is 2. The number of nitrogens with zero attached hydrogens (tertiary/aromatic N) is 5. The Bertz CT molecular complexity index is 1150. The molecule has 0 atom stereocenters. The van der Waals surface area contributed by atoms with Gasteiger partial charge in [-0.25, -0.2) is 4.98 Å². The van der Waals surface area contributed by atoms with Gasteiger partial charge in [0.1, 0.15) is 0 Å². The first-order valence-electron chi connectivity index (χ1n) is 10.2. The molecule has 2 aromatic heterocycles. The van der Waals surface area contributed by atoms with E-state index >= 15 is 0 Å². The Kier molecular flexibility index (Phi) is 6.21. The van der Waals surface area contributed by atoms with Gasteiger partial charge in [0.25, 0.3) is 0 Å². The third kappa shape index (κ3) is 4.13. The highest BCUT2D eigenvalue weighted by Crippen LogP contribution is 2.39. The summed E-state index contributed by atoms with van der Waals surface area (Å²) < 4.78 is 1.92. The first-order chi connectivity index (χ1) is 14.7. The van der Waals surface area contributed by atoms with Gasteiger partial charge in [0.15, 0.2) is 5.69 Å². The molecule has 6 nitrogen and oxygen atoms in total. The van der Waals surface area contributed by atoms with Gasteiger partial charge in [-0.05, 0) is 19.2 Å². The molecule has 154 valence electrons. The zero-order valence-corrected chi connectivity index (χ0v) is 18.0. The van der Waals surface area contributed by atoms with Crippen molar-refractivity contribution >= 4 is 33.1 Å². The monoisotopic (exact) mass is 419 g/mol. The van der Waals surface area contributed by atoms with Crippen molar-refractivity contribution in [3.63, 3.8) is 0 Å². The van der Waals surface area contributed by atoms with E-state index in [1.54, 1.807) is 0 Å². The molecular weight excluding hydrogens is 394 g/mol. The van der Waals surface area contributed by atoms with E-state index in [4.69, 9.17) is 0 Å². The molecule has 0 radical (unpaired) electrons. The number of hydrogen-bond acceptors (Lipinski definition) is 6. The molecule has 4 aromatic rings. The van der Waals surface area contributed by atoms with Crippen molar-refractivity contribution < 1.29 is 5.11 Å². The van der Waals surface area contributed by atoms with Crippen molar-refractivity contribution in [1.29, 1.82) is 0 Å². The fourth-order valence-corrected chi connectivity index (χ4v) is 4.17. The van der Waals surface area contributed by atoms with Gasteiger partial charge in [0, 0.05) is 29.4 Å². The molecule has 7 heteroatoms. The molecule has 1 N–H and O–H groups in total. The molecule has 0 aliphatic heterocycles. The Morgan fingerprint density at radius 3 is 2.50 bits per heavy atom. The van der Waals surface area contributed by atoms with Crippen molar-refractivity contribution in [3.8, 4) is 17.1 Å². The fourth-order valence-electron chi connectivity index (χ4n) is 3.52. The molecule has 30 heavy (non-hydrogen) atoms. The fraction of sp³-hybridized carbons (Fsp3) is 0.261. The first-order valence-corrected chi connectivity index (χ1v) is 11.0. The Labute approximate surface area is 180 Å². The van der Waals surface area contributed by atoms with Crippen LogP contribution in [0.4, 0.5) is 10.8 Å². The Hall–Kier alpha value is -3.03. The van der Waals surface area contributed by atoms with Crippen molar-refractivity contribution in [1.82, 2.24) is 14.5 Å². The van der Waals surface area contributed by atoms with Crippen molar-refractivity contribution in [2.75, 3.05) is 19.6 Å². The molecule has 0 amide bonds. The summed E-state index contributed by atoms with van der Waals surface area (Å²) in [6.45, 7) is 7.82. The van der Waals surface area contributed by atoms with E-state index in [-0.39, 0.29) is 5.88 Å². The van der Waals surface area contributed by atoms with Crippen LogP contribution in [0.25, 0.3) is 22.2 Å². The van der Waals surface area contributed by atoms with Crippen LogP contribution in [0.5, 0.6) is 5.88 Å². The highest BCUT2D eigenvalue weighted by Gasteiger charge is 2.17. The Morgan fingerprint density at radius 1 is 1.00 bits per heavy atom. The maximum atomic E-state index is 10.9. The zero-order valence-electron chi connectivity index (χ0n) is 17.2. The first kappa shape index (κ1) is 20.3. The largest absolute Gasteiger partial charge is 0.493 e. The summed E-state index contributed by atoms with van der Waals surface area (Å²) in [5.74, 6) is 0.145. The number of fused-ring (bicyclic) bond motifs is 1. The summed E-state index contributed by atoms with van der Waals surface area (Å²) in [6, 6.07) is 17.9. The Morgan fingerprint density at radius 2 is 1.73 bits per heavy atom. The van der Waals surface area contributed by atoms with E-state index in [1.807, 2.05) is 64.5 Å². The second kappa shape index (κ2) is 9.19. The van der Waals surface area contributed by atoms with Gasteiger partial charge in [-0.3, -0.25) is 0 Å². The lowest BCUT2D eigenvalue weighted by Gasteiger charge is -2.18. The molecule has 2 heterocycles. The van der Waals surface area contributed by atoms with Crippen LogP contribution in [0.2, 0.25) is 0 Å². The maximum Gasteiger partial charge on any atom is 0.230 e. The number of hydrogen-bond donors (Lipinski definition) is 1. The summed E-state index contributed by atoms with van der Waals surface area (Å²) in [4.78, 5) is 6.89. The van der Waals surface area contributed by atoms with E-state index in [0.717, 1.165) is 41.8 Å². The van der Waals surface area contributed by atoms with Gasteiger partial charge in [0.2, 0.25) is 11.0 Å². The lowest BCUT2D eigenvalue weighted by atomic mass is 10.2. The SMILES string of the molecule is CCN(CC)CCn1c(O)c(N=Nc2nc(-c3ccccc3)cs2)c2ccccc21. The maximum absolute atomic E-state index is 10.9. The van der Waals surface area contributed by atoms with Crippen molar-refractivity contribution in [2.24, 2.45) is 10.2 Å². The molecule has 0 spiro atoms. The summed E-state index contributed by atoms with van der Waals surface area (Å²) in [7, 11) is 0. The zero-order chi connectivity index (χ0) is 20.9. The molecule has 0 aliphatic rings. The van der Waals surface area contributed by atoms with Crippen LogP contribution in [0, 0.1) is 0 Å². The highest BCUT2D eigenvalue weighted by atomic mass is 32.1. The molecule has 0 unspecified atom stereocenters. The van der Waals surface area contributed by atoms with Gasteiger partial charge < -0.3 is 14.6 Å². The van der Waals surface area contributed by atoms with Gasteiger partial charge in [-0.2, -0.15) is 0 Å². The second-order valence-corrected chi connectivity index (χ2v) is 7.79. The average Bonchev–Trinajstić information content (AvgIpc) is 3.36. The van der Waals surface area contributed by atoms with Crippen LogP contribution in [0.15, 0.2) is 70.2 Å². The van der Waals surface area contributed by atoms with Gasteiger partial charge in [0.05, 0.1) is 11.2 Å². The van der Waals surface area contributed by atoms with E-state index in [0.29, 0.717) is 17.4 Å². The predicted octanol–water partition coefficient (Wildman–Crippen LogP) is 6.23. The topological polar surface area (TPSA) is 66.0 Å². The van der Waals surface area contributed by atoms with Gasteiger partial charge >= 0.3 is 0 Å². The molecule has 0 saturated carbocycles. The third-order valence-electron chi connectivity index (χ3n) is 5.25. The minimum Gasteiger partial charge on any atom is -0.493 e. The quantitative estimate of drug-likeness (QED) is 0.344. The minimum atomic E-state index is 0.145. The number of para-hydroxylation sites is 1. The minimum absolute atomic E-state index is 0.145. The molecule has 4 rings (SSSR count). The van der Waals surface area contributed by atoms with E-state index in [1.165, 1.54) is 11.3 Å². The summed E-state index contributed by atoms with van der Waals surface area (Å²) in [6.07, 6.45) is 0. The molecule has 0 bridgehead atoms. The van der Waals surface area contributed by atoms with Crippen LogP contribution in [0.3, 0.4) is 0 Å². The normalized spacial score (nSPS) is 11.8. The number of thiazole rings is 1. The van der Waals surface area contributed by atoms with Crippen LogP contribution in [0.1, 0.15) is 13.8 Å². The van der Waals surface area contributed by atoms with Crippen LogP contribution >= 0.6 is 11.3 Å². The molecule has 0 aliphatic carbocycles. The summed E-state index contributed by atoms with van der Waals surface area (Å²) >= 11 is 1.44. The van der Waals surface area contributed by atoms with Gasteiger partial charge in [-0.15, -0.1) is 21.6 Å².